The van der Waals surface area contributed by atoms with Gasteiger partial charge in [-0.3, -0.25) is 0 Å². The number of aliphatic hydroxyl groups is 2. The molecule has 0 heterocycles. The lowest BCUT2D eigenvalue weighted by molar-refractivity contribution is -0.00409. The molecular formula is C26H38BrNO2. The summed E-state index contributed by atoms with van der Waals surface area (Å²) < 4.78 is 1.02. The lowest BCUT2D eigenvalue weighted by Gasteiger charge is -2.38. The van der Waals surface area contributed by atoms with Gasteiger partial charge in [0.25, 0.3) is 0 Å². The molecule has 30 heavy (non-hydrogen) atoms. The molecule has 0 aromatic heterocycles. The Hall–Kier alpha value is -1.20. The van der Waals surface area contributed by atoms with Crippen LogP contribution in [0.1, 0.15) is 75.3 Å². The van der Waals surface area contributed by atoms with Crippen LogP contribution >= 0.6 is 15.9 Å². The molecule has 3 nitrogen and oxygen atoms in total. The molecule has 2 rings (SSSR count). The Morgan fingerprint density at radius 3 is 2.27 bits per heavy atom. The molecule has 0 saturated carbocycles. The van der Waals surface area contributed by atoms with E-state index in [9.17, 15) is 5.11 Å². The molecule has 0 unspecified atom stereocenters. The molecule has 2 aromatic carbocycles. The SMILES string of the molecule is CCCCCCC[C@@](O)(c1ccc(Br)cc1)[C@@H](CNCCCCO)c1ccccc1. The Balaban J connectivity index is 2.26. The summed E-state index contributed by atoms with van der Waals surface area (Å²) in [7, 11) is 0. The summed E-state index contributed by atoms with van der Waals surface area (Å²) in [5, 5.41) is 24.7. The highest BCUT2D eigenvalue weighted by atomic mass is 79.9. The van der Waals surface area contributed by atoms with Gasteiger partial charge in [0.05, 0.1) is 5.60 Å². The van der Waals surface area contributed by atoms with Crippen molar-refractivity contribution < 1.29 is 10.2 Å². The maximum atomic E-state index is 12.2. The quantitative estimate of drug-likeness (QED) is 0.271. The van der Waals surface area contributed by atoms with Crippen molar-refractivity contribution in [3.05, 3.63) is 70.2 Å². The van der Waals surface area contributed by atoms with Crippen molar-refractivity contribution in [1.82, 2.24) is 5.32 Å². The van der Waals surface area contributed by atoms with Crippen LogP contribution in [-0.4, -0.2) is 29.9 Å². The molecule has 2 aromatic rings. The zero-order valence-electron chi connectivity index (χ0n) is 18.3. The Labute approximate surface area is 191 Å². The fourth-order valence-electron chi connectivity index (χ4n) is 4.11. The van der Waals surface area contributed by atoms with E-state index in [0.717, 1.165) is 54.2 Å². The minimum atomic E-state index is -0.932. The first kappa shape index (κ1) is 25.1. The molecule has 0 fully saturated rings. The molecule has 0 bridgehead atoms. The van der Waals surface area contributed by atoms with Gasteiger partial charge >= 0.3 is 0 Å². The zero-order valence-corrected chi connectivity index (χ0v) is 19.9. The van der Waals surface area contributed by atoms with Crippen LogP contribution in [0.2, 0.25) is 0 Å². The second kappa shape index (κ2) is 14.0. The van der Waals surface area contributed by atoms with Crippen LogP contribution in [0.25, 0.3) is 0 Å². The molecule has 3 N–H and O–H groups in total. The standard InChI is InChI=1S/C26H38BrNO2/c1-2-3-4-5-9-18-26(30,23-14-16-24(27)17-15-23)25(21-28-19-10-11-20-29)22-12-7-6-8-13-22/h6-8,12-17,25,28-30H,2-5,9-11,18-21H2,1H3/t25-,26+/m0/s1. The van der Waals surface area contributed by atoms with Crippen molar-refractivity contribution in [3.8, 4) is 0 Å². The van der Waals surface area contributed by atoms with Crippen LogP contribution in [0.4, 0.5) is 0 Å². The molecule has 0 radical (unpaired) electrons. The summed E-state index contributed by atoms with van der Waals surface area (Å²) in [6.07, 6.45) is 8.35. The predicted octanol–water partition coefficient (Wildman–Crippen LogP) is 6.14. The van der Waals surface area contributed by atoms with E-state index in [0.29, 0.717) is 6.54 Å². The van der Waals surface area contributed by atoms with Crippen molar-refractivity contribution in [3.63, 3.8) is 0 Å². The van der Waals surface area contributed by atoms with Gasteiger partial charge in [0.15, 0.2) is 0 Å². The van der Waals surface area contributed by atoms with Crippen LogP contribution in [0.5, 0.6) is 0 Å². The molecule has 0 aliphatic rings. The number of rotatable bonds is 15. The highest BCUT2D eigenvalue weighted by Crippen LogP contribution is 2.41. The number of aliphatic hydroxyl groups excluding tert-OH is 1. The Kier molecular flexibility index (Phi) is 11.7. The number of hydrogen-bond acceptors (Lipinski definition) is 3. The molecule has 166 valence electrons. The van der Waals surface area contributed by atoms with Gasteiger partial charge in [-0.15, -0.1) is 0 Å². The smallest absolute Gasteiger partial charge is 0.0976 e. The summed E-state index contributed by atoms with van der Waals surface area (Å²) >= 11 is 3.53. The van der Waals surface area contributed by atoms with Crippen LogP contribution in [0.15, 0.2) is 59.1 Å². The highest BCUT2D eigenvalue weighted by molar-refractivity contribution is 9.10. The van der Waals surface area contributed by atoms with Gasteiger partial charge < -0.3 is 15.5 Å². The van der Waals surface area contributed by atoms with E-state index in [-0.39, 0.29) is 12.5 Å². The fraction of sp³-hybridized carbons (Fsp3) is 0.538. The number of benzene rings is 2. The lowest BCUT2D eigenvalue weighted by atomic mass is 9.74. The predicted molar refractivity (Wildman–Crippen MR) is 130 cm³/mol. The normalized spacial score (nSPS) is 14.4. The van der Waals surface area contributed by atoms with Gasteiger partial charge in [0.2, 0.25) is 0 Å². The van der Waals surface area contributed by atoms with E-state index in [4.69, 9.17) is 5.11 Å². The van der Waals surface area contributed by atoms with Gasteiger partial charge in [-0.2, -0.15) is 0 Å². The van der Waals surface area contributed by atoms with Crippen LogP contribution in [-0.2, 0) is 5.60 Å². The summed E-state index contributed by atoms with van der Waals surface area (Å²) in [6, 6.07) is 18.5. The Bertz CT molecular complexity index is 692. The largest absolute Gasteiger partial charge is 0.396 e. The van der Waals surface area contributed by atoms with Crippen molar-refractivity contribution >= 4 is 15.9 Å². The van der Waals surface area contributed by atoms with Crippen molar-refractivity contribution in [1.29, 1.82) is 0 Å². The van der Waals surface area contributed by atoms with E-state index < -0.39 is 5.60 Å². The van der Waals surface area contributed by atoms with Crippen molar-refractivity contribution in [2.75, 3.05) is 19.7 Å². The number of hydrogen-bond donors (Lipinski definition) is 3. The third-order valence-electron chi connectivity index (χ3n) is 5.89. The molecule has 0 saturated heterocycles. The first-order valence-corrected chi connectivity index (χ1v) is 12.3. The Morgan fingerprint density at radius 2 is 1.60 bits per heavy atom. The number of unbranched alkanes of at least 4 members (excludes halogenated alkanes) is 5. The van der Waals surface area contributed by atoms with E-state index >= 15 is 0 Å². The molecule has 0 amide bonds. The minimum Gasteiger partial charge on any atom is -0.396 e. The number of nitrogens with one attached hydrogen (secondary N) is 1. The third kappa shape index (κ3) is 7.81. The summed E-state index contributed by atoms with van der Waals surface area (Å²) in [4.78, 5) is 0. The summed E-state index contributed by atoms with van der Waals surface area (Å²) in [5.74, 6) is -0.0415. The maximum absolute atomic E-state index is 12.2. The zero-order chi connectivity index (χ0) is 21.7. The average molecular weight is 476 g/mol. The van der Waals surface area contributed by atoms with Crippen LogP contribution in [0, 0.1) is 0 Å². The molecular weight excluding hydrogens is 438 g/mol. The van der Waals surface area contributed by atoms with Crippen LogP contribution < -0.4 is 5.32 Å². The maximum Gasteiger partial charge on any atom is 0.0976 e. The Morgan fingerprint density at radius 1 is 0.900 bits per heavy atom. The van der Waals surface area contributed by atoms with Crippen LogP contribution in [0.3, 0.4) is 0 Å². The van der Waals surface area contributed by atoms with Crippen molar-refractivity contribution in [2.45, 2.75) is 69.8 Å². The van der Waals surface area contributed by atoms with Gasteiger partial charge in [-0.05, 0) is 49.1 Å². The lowest BCUT2D eigenvalue weighted by Crippen LogP contribution is -2.40. The second-order valence-electron chi connectivity index (χ2n) is 8.19. The molecule has 4 heteroatoms. The fourth-order valence-corrected chi connectivity index (χ4v) is 4.38. The first-order chi connectivity index (χ1) is 14.6. The summed E-state index contributed by atoms with van der Waals surface area (Å²) in [5.41, 5.74) is 1.21. The summed E-state index contributed by atoms with van der Waals surface area (Å²) in [6.45, 7) is 4.00. The van der Waals surface area contributed by atoms with Gasteiger partial charge in [-0.1, -0.05) is 97.4 Å². The topological polar surface area (TPSA) is 52.5 Å². The number of halogens is 1. The molecule has 0 spiro atoms. The second-order valence-corrected chi connectivity index (χ2v) is 9.11. The highest BCUT2D eigenvalue weighted by Gasteiger charge is 2.38. The van der Waals surface area contributed by atoms with Gasteiger partial charge in [0, 0.05) is 23.5 Å². The van der Waals surface area contributed by atoms with E-state index in [1.807, 2.05) is 18.2 Å². The van der Waals surface area contributed by atoms with E-state index in [1.54, 1.807) is 0 Å². The van der Waals surface area contributed by atoms with Gasteiger partial charge in [-0.25, -0.2) is 0 Å². The molecule has 2 atom stereocenters. The van der Waals surface area contributed by atoms with Gasteiger partial charge in [0.1, 0.15) is 0 Å². The van der Waals surface area contributed by atoms with Crippen molar-refractivity contribution in [2.24, 2.45) is 0 Å². The van der Waals surface area contributed by atoms with E-state index in [1.165, 1.54) is 19.3 Å². The minimum absolute atomic E-state index is 0.0415. The molecule has 0 aliphatic heterocycles. The average Bonchev–Trinajstić information content (AvgIpc) is 2.77. The monoisotopic (exact) mass is 475 g/mol. The third-order valence-corrected chi connectivity index (χ3v) is 6.42. The molecule has 0 aliphatic carbocycles. The first-order valence-electron chi connectivity index (χ1n) is 11.5. The van der Waals surface area contributed by atoms with E-state index in [2.05, 4.69) is 64.6 Å².